The zero-order valence-electron chi connectivity index (χ0n) is 21.5. The van der Waals surface area contributed by atoms with Crippen LogP contribution in [0, 0.1) is 23.2 Å². The zero-order valence-corrected chi connectivity index (χ0v) is 22.3. The predicted octanol–water partition coefficient (Wildman–Crippen LogP) is 4.78. The summed E-state index contributed by atoms with van der Waals surface area (Å²) in [5.41, 5.74) is -0.663. The van der Waals surface area contributed by atoms with E-state index in [2.05, 4.69) is 11.1 Å². The van der Waals surface area contributed by atoms with E-state index < -0.39 is 35.0 Å². The van der Waals surface area contributed by atoms with Gasteiger partial charge in [0.15, 0.2) is 0 Å². The summed E-state index contributed by atoms with van der Waals surface area (Å²) in [4.78, 5) is 33.6. The molecule has 0 spiro atoms. The second-order valence-corrected chi connectivity index (χ2v) is 11.3. The molecule has 9 heteroatoms. The summed E-state index contributed by atoms with van der Waals surface area (Å²) >= 11 is 6.11. The number of fused-ring (bicyclic) bond motifs is 7. The van der Waals surface area contributed by atoms with Gasteiger partial charge in [-0.25, -0.2) is 4.90 Å². The molecule has 3 saturated heterocycles. The van der Waals surface area contributed by atoms with E-state index in [1.54, 1.807) is 55.6 Å². The second-order valence-electron chi connectivity index (χ2n) is 10.9. The van der Waals surface area contributed by atoms with Crippen LogP contribution in [0.5, 0.6) is 5.75 Å². The van der Waals surface area contributed by atoms with Crippen LogP contribution in [0.3, 0.4) is 0 Å². The van der Waals surface area contributed by atoms with Gasteiger partial charge in [-0.3, -0.25) is 14.6 Å². The van der Waals surface area contributed by atoms with E-state index in [9.17, 15) is 20.0 Å². The first-order valence-electron chi connectivity index (χ1n) is 13.1. The van der Waals surface area contributed by atoms with Crippen LogP contribution in [-0.2, 0) is 14.3 Å². The Kier molecular flexibility index (Phi) is 5.45. The Morgan fingerprint density at radius 1 is 1.10 bits per heavy atom. The number of halogens is 1. The van der Waals surface area contributed by atoms with E-state index in [1.165, 1.54) is 4.90 Å². The van der Waals surface area contributed by atoms with Crippen LogP contribution in [0.4, 0.5) is 5.69 Å². The summed E-state index contributed by atoms with van der Waals surface area (Å²) in [6.07, 6.45) is 1.26. The molecule has 3 fully saturated rings. The first kappa shape index (κ1) is 25.0. The van der Waals surface area contributed by atoms with Gasteiger partial charge in [-0.2, -0.15) is 5.26 Å². The monoisotopic (exact) mass is 553 g/mol. The molecule has 40 heavy (non-hydrogen) atoms. The molecule has 7 rings (SSSR count). The molecule has 2 bridgehead atoms. The molecule has 1 unspecified atom stereocenters. The van der Waals surface area contributed by atoms with E-state index in [4.69, 9.17) is 21.1 Å². The van der Waals surface area contributed by atoms with Crippen molar-refractivity contribution in [2.45, 2.75) is 37.1 Å². The van der Waals surface area contributed by atoms with Gasteiger partial charge in [-0.1, -0.05) is 35.9 Å². The number of ether oxygens (including phenoxy) is 2. The molecule has 200 valence electrons. The lowest BCUT2D eigenvalue weighted by molar-refractivity contribution is -0.134. The standard InChI is InChI=1S/C31H24ClN3O5/c1-30-25(36)15-31(40-30,11-13-39-24-10-12-34-22-14-18(32)7-8-21(22)24)27-26(30)28(37)35(29(27)38)23-9-6-17(16-33)19-4-2-3-5-20(19)23/h2-10,12,14,25-27,36H,11,13,15H2,1H3/t25?,26-,27+,30-,31+/m0/s1. The van der Waals surface area contributed by atoms with Gasteiger partial charge in [0.1, 0.15) is 11.4 Å². The van der Waals surface area contributed by atoms with Crippen LogP contribution >= 0.6 is 11.6 Å². The Bertz CT molecular complexity index is 1790. The highest BCUT2D eigenvalue weighted by molar-refractivity contribution is 6.31. The van der Waals surface area contributed by atoms with Crippen molar-refractivity contribution < 1.29 is 24.2 Å². The number of aliphatic hydroxyl groups is 1. The van der Waals surface area contributed by atoms with Crippen molar-refractivity contribution in [2.75, 3.05) is 11.5 Å². The van der Waals surface area contributed by atoms with Crippen molar-refractivity contribution in [3.8, 4) is 11.8 Å². The van der Waals surface area contributed by atoms with Gasteiger partial charge >= 0.3 is 0 Å². The highest BCUT2D eigenvalue weighted by Gasteiger charge is 2.77. The average Bonchev–Trinajstić information content (AvgIpc) is 3.48. The fourth-order valence-corrected chi connectivity index (χ4v) is 7.16. The summed E-state index contributed by atoms with van der Waals surface area (Å²) in [7, 11) is 0. The maximum absolute atomic E-state index is 14.1. The molecule has 3 aliphatic rings. The first-order chi connectivity index (χ1) is 19.3. The van der Waals surface area contributed by atoms with Crippen LogP contribution in [-0.4, -0.2) is 45.8 Å². The molecule has 0 radical (unpaired) electrons. The Balaban J connectivity index is 1.22. The third-order valence-electron chi connectivity index (χ3n) is 8.82. The average molecular weight is 554 g/mol. The van der Waals surface area contributed by atoms with Gasteiger partial charge in [0.05, 0.1) is 53.0 Å². The lowest BCUT2D eigenvalue weighted by atomic mass is 9.66. The maximum Gasteiger partial charge on any atom is 0.240 e. The summed E-state index contributed by atoms with van der Waals surface area (Å²) in [6, 6.07) is 19.8. The fraction of sp³-hybridized carbons (Fsp3) is 0.290. The quantitative estimate of drug-likeness (QED) is 0.354. The van der Waals surface area contributed by atoms with E-state index in [1.807, 2.05) is 18.2 Å². The molecule has 5 atom stereocenters. The van der Waals surface area contributed by atoms with Crippen LogP contribution < -0.4 is 9.64 Å². The molecule has 0 aliphatic carbocycles. The van der Waals surface area contributed by atoms with E-state index >= 15 is 0 Å². The number of anilines is 1. The molecular formula is C31H24ClN3O5. The van der Waals surface area contributed by atoms with Crippen LogP contribution in [0.25, 0.3) is 21.7 Å². The van der Waals surface area contributed by atoms with Gasteiger partial charge in [0.25, 0.3) is 0 Å². The third kappa shape index (κ3) is 3.35. The highest BCUT2D eigenvalue weighted by Crippen LogP contribution is 2.62. The molecule has 0 saturated carbocycles. The number of nitrogens with zero attached hydrogens (tertiary/aromatic N) is 3. The number of nitriles is 1. The van der Waals surface area contributed by atoms with Gasteiger partial charge in [0, 0.05) is 40.2 Å². The lowest BCUT2D eigenvalue weighted by Crippen LogP contribution is -2.49. The second kappa shape index (κ2) is 8.73. The fourth-order valence-electron chi connectivity index (χ4n) is 6.99. The minimum absolute atomic E-state index is 0.203. The molecule has 2 amide bonds. The van der Waals surface area contributed by atoms with Crippen molar-refractivity contribution in [1.29, 1.82) is 5.26 Å². The van der Waals surface area contributed by atoms with Crippen molar-refractivity contribution >= 4 is 50.8 Å². The number of benzene rings is 3. The lowest BCUT2D eigenvalue weighted by Gasteiger charge is -2.33. The van der Waals surface area contributed by atoms with Crippen LogP contribution in [0.15, 0.2) is 66.9 Å². The van der Waals surface area contributed by atoms with Gasteiger partial charge in [0.2, 0.25) is 11.8 Å². The number of hydrogen-bond acceptors (Lipinski definition) is 7. The molecule has 4 aromatic rings. The maximum atomic E-state index is 14.1. The number of carbonyl (C=O) groups excluding carboxylic acids is 2. The van der Waals surface area contributed by atoms with Crippen LogP contribution in [0.1, 0.15) is 25.3 Å². The third-order valence-corrected chi connectivity index (χ3v) is 9.06. The number of hydrogen-bond donors (Lipinski definition) is 1. The van der Waals surface area contributed by atoms with E-state index in [0.717, 1.165) is 5.39 Å². The Hall–Kier alpha value is -4.03. The SMILES string of the molecule is C[C@]12O[C@](CCOc3ccnc4cc(Cl)ccc34)(CC1O)[C@H]1C(=O)N(c3ccc(C#N)c4ccccc34)C(=O)[C@H]12. The van der Waals surface area contributed by atoms with Gasteiger partial charge in [-0.05, 0) is 43.3 Å². The van der Waals surface area contributed by atoms with Gasteiger partial charge < -0.3 is 14.6 Å². The smallest absolute Gasteiger partial charge is 0.240 e. The Labute approximate surface area is 234 Å². The van der Waals surface area contributed by atoms with Crippen molar-refractivity contribution in [3.05, 3.63) is 77.4 Å². The van der Waals surface area contributed by atoms with E-state index in [0.29, 0.717) is 44.7 Å². The Morgan fingerprint density at radius 2 is 1.88 bits per heavy atom. The highest BCUT2D eigenvalue weighted by atomic mass is 35.5. The first-order valence-corrected chi connectivity index (χ1v) is 13.5. The Morgan fingerprint density at radius 3 is 2.67 bits per heavy atom. The number of imide groups is 1. The van der Waals surface area contributed by atoms with Crippen LogP contribution in [0.2, 0.25) is 5.02 Å². The molecule has 3 aromatic carbocycles. The number of aliphatic hydroxyl groups excluding tert-OH is 1. The number of pyridine rings is 1. The minimum atomic E-state index is -1.20. The minimum Gasteiger partial charge on any atom is -0.493 e. The molecule has 3 aliphatic heterocycles. The predicted molar refractivity (Wildman–Crippen MR) is 148 cm³/mol. The molecule has 1 aromatic heterocycles. The number of aromatic nitrogens is 1. The number of carbonyl (C=O) groups is 2. The van der Waals surface area contributed by atoms with Crippen molar-refractivity contribution in [1.82, 2.24) is 4.98 Å². The van der Waals surface area contributed by atoms with Crippen molar-refractivity contribution in [3.63, 3.8) is 0 Å². The zero-order chi connectivity index (χ0) is 27.8. The molecule has 8 nitrogen and oxygen atoms in total. The van der Waals surface area contributed by atoms with Gasteiger partial charge in [-0.15, -0.1) is 0 Å². The van der Waals surface area contributed by atoms with Crippen molar-refractivity contribution in [2.24, 2.45) is 11.8 Å². The molecule has 1 N–H and O–H groups in total. The number of amides is 2. The topological polar surface area (TPSA) is 113 Å². The molecular weight excluding hydrogens is 530 g/mol. The number of rotatable bonds is 5. The normalized spacial score (nSPS) is 28.9. The summed E-state index contributed by atoms with van der Waals surface area (Å²) in [5, 5.41) is 23.3. The summed E-state index contributed by atoms with van der Waals surface area (Å²) in [5.74, 6) is -1.73. The summed E-state index contributed by atoms with van der Waals surface area (Å²) < 4.78 is 12.6. The largest absolute Gasteiger partial charge is 0.493 e. The van der Waals surface area contributed by atoms with E-state index in [-0.39, 0.29) is 18.9 Å². The molecule has 4 heterocycles. The summed E-state index contributed by atoms with van der Waals surface area (Å²) in [6.45, 7) is 1.92.